The van der Waals surface area contributed by atoms with E-state index in [1.54, 1.807) is 26.0 Å². The van der Waals surface area contributed by atoms with E-state index in [2.05, 4.69) is 27.2 Å². The normalized spacial score (nSPS) is 10.5. The predicted molar refractivity (Wildman–Crippen MR) is 118 cm³/mol. The highest BCUT2D eigenvalue weighted by Gasteiger charge is 2.09. The van der Waals surface area contributed by atoms with E-state index in [-0.39, 0.29) is 11.7 Å². The summed E-state index contributed by atoms with van der Waals surface area (Å²) in [6.07, 6.45) is -0.634. The molecule has 0 aliphatic carbocycles. The summed E-state index contributed by atoms with van der Waals surface area (Å²) in [4.78, 5) is 31.1. The van der Waals surface area contributed by atoms with Gasteiger partial charge in [-0.2, -0.15) is 5.26 Å². The number of hydrogen-bond donors (Lipinski definition) is 3. The molecule has 8 nitrogen and oxygen atoms in total. The van der Waals surface area contributed by atoms with Gasteiger partial charge in [0.25, 0.3) is 5.56 Å². The average molecular weight is 417 g/mol. The summed E-state index contributed by atoms with van der Waals surface area (Å²) < 4.78 is 5.06. The number of H-pyrrole nitrogens is 1. The van der Waals surface area contributed by atoms with Crippen molar-refractivity contribution in [3.8, 4) is 6.07 Å². The predicted octanol–water partition coefficient (Wildman–Crippen LogP) is 3.19. The number of rotatable bonds is 7. The number of hydrogen-bond acceptors (Lipinski definition) is 6. The number of nitrogens with one attached hydrogen (secondary N) is 3. The molecule has 0 aliphatic rings. The fourth-order valence-electron chi connectivity index (χ4n) is 2.92. The molecule has 2 aromatic carbocycles. The zero-order chi connectivity index (χ0) is 22.4. The van der Waals surface area contributed by atoms with Gasteiger partial charge < -0.3 is 20.4 Å². The van der Waals surface area contributed by atoms with Crippen molar-refractivity contribution < 1.29 is 9.53 Å². The van der Waals surface area contributed by atoms with E-state index in [9.17, 15) is 9.59 Å². The number of amides is 1. The van der Waals surface area contributed by atoms with Crippen LogP contribution in [-0.4, -0.2) is 22.2 Å². The number of aromatic nitrogens is 2. The van der Waals surface area contributed by atoms with Crippen LogP contribution in [-0.2, 0) is 17.8 Å². The van der Waals surface area contributed by atoms with Crippen LogP contribution in [0, 0.1) is 11.3 Å². The lowest BCUT2D eigenvalue weighted by Gasteiger charge is -2.12. The van der Waals surface area contributed by atoms with Crippen LogP contribution in [0.5, 0.6) is 0 Å². The molecular weight excluding hydrogens is 394 g/mol. The highest BCUT2D eigenvalue weighted by atomic mass is 16.6. The third-order valence-corrected chi connectivity index (χ3v) is 4.40. The standard InChI is InChI=1S/C23H23N5O3/c1-14(2)31-23(30)26-13-18-6-4-5-17(9-18)12-25-15(3)21-27-20-8-7-16(11-24)10-19(20)22(29)28-21/h4-10,14,25H,3,12-13H2,1-2H3,(H,26,30)(H,27,28,29). The van der Waals surface area contributed by atoms with Crippen LogP contribution < -0.4 is 16.2 Å². The van der Waals surface area contributed by atoms with E-state index in [1.807, 2.05) is 30.3 Å². The molecule has 0 fully saturated rings. The lowest BCUT2D eigenvalue weighted by atomic mass is 10.1. The number of carbonyl (C=O) groups is 1. The van der Waals surface area contributed by atoms with Crippen LogP contribution in [0.2, 0.25) is 0 Å². The molecule has 3 N–H and O–H groups in total. The Morgan fingerprint density at radius 3 is 2.58 bits per heavy atom. The number of nitriles is 1. The van der Waals surface area contributed by atoms with Crippen molar-refractivity contribution in [2.75, 3.05) is 0 Å². The Kier molecular flexibility index (Phi) is 6.67. The molecule has 1 amide bonds. The first-order valence-electron chi connectivity index (χ1n) is 9.75. The lowest BCUT2D eigenvalue weighted by Crippen LogP contribution is -2.26. The Balaban J connectivity index is 1.65. The van der Waals surface area contributed by atoms with Crippen molar-refractivity contribution in [3.63, 3.8) is 0 Å². The molecule has 3 rings (SSSR count). The summed E-state index contributed by atoms with van der Waals surface area (Å²) in [5, 5.41) is 15.2. The van der Waals surface area contributed by atoms with Crippen molar-refractivity contribution in [2.24, 2.45) is 0 Å². The van der Waals surface area contributed by atoms with Gasteiger partial charge in [0.15, 0.2) is 5.82 Å². The van der Waals surface area contributed by atoms with E-state index in [4.69, 9.17) is 10.00 Å². The molecule has 158 valence electrons. The van der Waals surface area contributed by atoms with Gasteiger partial charge in [-0.25, -0.2) is 9.78 Å². The van der Waals surface area contributed by atoms with E-state index < -0.39 is 6.09 Å². The monoisotopic (exact) mass is 417 g/mol. The maximum absolute atomic E-state index is 12.4. The number of aromatic amines is 1. The first-order chi connectivity index (χ1) is 14.9. The second-order valence-corrected chi connectivity index (χ2v) is 7.22. The van der Waals surface area contributed by atoms with Gasteiger partial charge in [0, 0.05) is 13.1 Å². The van der Waals surface area contributed by atoms with Crippen molar-refractivity contribution in [3.05, 3.63) is 81.9 Å². The molecule has 0 atom stereocenters. The van der Waals surface area contributed by atoms with Gasteiger partial charge in [-0.3, -0.25) is 4.79 Å². The second kappa shape index (κ2) is 9.59. The molecule has 1 aromatic heterocycles. The third-order valence-electron chi connectivity index (χ3n) is 4.40. The summed E-state index contributed by atoms with van der Waals surface area (Å²) in [5.74, 6) is 0.330. The largest absolute Gasteiger partial charge is 0.447 e. The van der Waals surface area contributed by atoms with Gasteiger partial charge in [0.1, 0.15) is 0 Å². The number of fused-ring (bicyclic) bond motifs is 1. The number of ether oxygens (including phenoxy) is 1. The van der Waals surface area contributed by atoms with Crippen molar-refractivity contribution >= 4 is 22.7 Å². The maximum atomic E-state index is 12.4. The van der Waals surface area contributed by atoms with Crippen molar-refractivity contribution in [2.45, 2.75) is 33.0 Å². The minimum Gasteiger partial charge on any atom is -0.447 e. The number of benzene rings is 2. The van der Waals surface area contributed by atoms with E-state index in [1.165, 1.54) is 6.07 Å². The van der Waals surface area contributed by atoms with Gasteiger partial charge >= 0.3 is 6.09 Å². The molecule has 0 radical (unpaired) electrons. The molecule has 0 saturated carbocycles. The minimum absolute atomic E-state index is 0.176. The fraction of sp³-hybridized carbons (Fsp3) is 0.217. The first-order valence-corrected chi connectivity index (χ1v) is 9.75. The molecule has 3 aromatic rings. The van der Waals surface area contributed by atoms with Crippen molar-refractivity contribution in [1.82, 2.24) is 20.6 Å². The van der Waals surface area contributed by atoms with Gasteiger partial charge in [-0.1, -0.05) is 30.8 Å². The molecular formula is C23H23N5O3. The quantitative estimate of drug-likeness (QED) is 0.543. The zero-order valence-electron chi connectivity index (χ0n) is 17.4. The molecule has 1 heterocycles. The SMILES string of the molecule is C=C(NCc1cccc(CNC(=O)OC(C)C)c1)c1nc2ccc(C#N)cc2c(=O)[nH]1. The molecule has 0 saturated heterocycles. The molecule has 8 heteroatoms. The minimum atomic E-state index is -0.458. The second-order valence-electron chi connectivity index (χ2n) is 7.22. The number of carbonyl (C=O) groups excluding carboxylic acids is 1. The summed E-state index contributed by atoms with van der Waals surface area (Å²) >= 11 is 0. The highest BCUT2D eigenvalue weighted by Crippen LogP contribution is 2.13. The van der Waals surface area contributed by atoms with Crippen LogP contribution in [0.15, 0.2) is 53.8 Å². The zero-order valence-corrected chi connectivity index (χ0v) is 17.4. The fourth-order valence-corrected chi connectivity index (χ4v) is 2.92. The number of nitrogens with zero attached hydrogens (tertiary/aromatic N) is 2. The van der Waals surface area contributed by atoms with Gasteiger partial charge in [0.05, 0.1) is 34.3 Å². The van der Waals surface area contributed by atoms with Crippen molar-refractivity contribution in [1.29, 1.82) is 5.26 Å². The Morgan fingerprint density at radius 1 is 1.19 bits per heavy atom. The van der Waals surface area contributed by atoms with Crippen LogP contribution >= 0.6 is 0 Å². The van der Waals surface area contributed by atoms with E-state index in [0.29, 0.717) is 41.1 Å². The molecule has 0 bridgehead atoms. The Hall–Kier alpha value is -4.12. The topological polar surface area (TPSA) is 120 Å². The highest BCUT2D eigenvalue weighted by molar-refractivity contribution is 5.80. The Labute approximate surface area is 179 Å². The Bertz CT molecular complexity index is 1220. The first kappa shape index (κ1) is 21.6. The third kappa shape index (κ3) is 5.70. The summed E-state index contributed by atoms with van der Waals surface area (Å²) in [6, 6.07) is 14.5. The van der Waals surface area contributed by atoms with E-state index >= 15 is 0 Å². The number of alkyl carbamates (subject to hydrolysis) is 1. The summed E-state index contributed by atoms with van der Waals surface area (Å²) in [5.41, 5.74) is 2.92. The van der Waals surface area contributed by atoms with Crippen LogP contribution in [0.3, 0.4) is 0 Å². The summed E-state index contributed by atoms with van der Waals surface area (Å²) in [7, 11) is 0. The molecule has 0 aliphatic heterocycles. The molecule has 0 unspecified atom stereocenters. The van der Waals surface area contributed by atoms with Crippen LogP contribution in [0.25, 0.3) is 16.6 Å². The van der Waals surface area contributed by atoms with Crippen LogP contribution in [0.1, 0.15) is 36.4 Å². The Morgan fingerprint density at radius 2 is 1.90 bits per heavy atom. The van der Waals surface area contributed by atoms with Crippen LogP contribution in [0.4, 0.5) is 4.79 Å². The molecule has 0 spiro atoms. The van der Waals surface area contributed by atoms with E-state index in [0.717, 1.165) is 11.1 Å². The molecule has 31 heavy (non-hydrogen) atoms. The maximum Gasteiger partial charge on any atom is 0.407 e. The van der Waals surface area contributed by atoms with Gasteiger partial charge in [0.2, 0.25) is 0 Å². The van der Waals surface area contributed by atoms with Gasteiger partial charge in [-0.15, -0.1) is 0 Å². The lowest BCUT2D eigenvalue weighted by molar-refractivity contribution is 0.115. The summed E-state index contributed by atoms with van der Waals surface area (Å²) in [6.45, 7) is 8.35. The smallest absolute Gasteiger partial charge is 0.407 e. The van der Waals surface area contributed by atoms with Gasteiger partial charge in [-0.05, 0) is 43.2 Å². The average Bonchev–Trinajstić information content (AvgIpc) is 2.75.